The monoisotopic (exact) mass is 260 g/mol. The molecular weight excluding hydrogens is 248 g/mol. The summed E-state index contributed by atoms with van der Waals surface area (Å²) >= 11 is 6.14. The molecule has 1 aromatic heterocycles. The maximum atomic E-state index is 6.14. The van der Waals surface area contributed by atoms with Crippen LogP contribution < -0.4 is 4.74 Å². The van der Waals surface area contributed by atoms with E-state index in [0.29, 0.717) is 11.1 Å². The first-order chi connectivity index (χ1) is 8.78. The minimum Gasteiger partial charge on any atom is -0.497 e. The third kappa shape index (κ3) is 2.18. The third-order valence-electron chi connectivity index (χ3n) is 3.14. The average Bonchev–Trinajstić information content (AvgIpc) is 3.24. The van der Waals surface area contributed by atoms with Crippen molar-refractivity contribution in [3.8, 4) is 16.9 Å². The molecule has 0 saturated heterocycles. The number of hydrogen-bond donors (Lipinski definition) is 0. The van der Waals surface area contributed by atoms with Crippen molar-refractivity contribution in [3.63, 3.8) is 0 Å². The molecule has 0 radical (unpaired) electrons. The Morgan fingerprint density at radius 3 is 2.78 bits per heavy atom. The van der Waals surface area contributed by atoms with Gasteiger partial charge in [-0.15, -0.1) is 5.10 Å². The van der Waals surface area contributed by atoms with Gasteiger partial charge in [0.1, 0.15) is 5.75 Å². The van der Waals surface area contributed by atoms with Crippen LogP contribution in [0.4, 0.5) is 0 Å². The number of benzene rings is 1. The maximum Gasteiger partial charge on any atom is 0.159 e. The Morgan fingerprint density at radius 1 is 1.22 bits per heavy atom. The molecule has 0 spiro atoms. The molecule has 0 aliphatic heterocycles. The standard InChI is InChI=1S/C14H13ClN2O/c1-18-11-4-2-3-10(7-11)12-8-13(9-5-6-9)16-17-14(12)15/h2-4,7-9H,5-6H2,1H3. The fourth-order valence-electron chi connectivity index (χ4n) is 1.96. The summed E-state index contributed by atoms with van der Waals surface area (Å²) in [6.07, 6.45) is 2.40. The first-order valence-electron chi connectivity index (χ1n) is 5.95. The van der Waals surface area contributed by atoms with Gasteiger partial charge in [0, 0.05) is 11.5 Å². The van der Waals surface area contributed by atoms with E-state index < -0.39 is 0 Å². The Labute approximate surface area is 111 Å². The Kier molecular flexibility index (Phi) is 2.92. The van der Waals surface area contributed by atoms with Gasteiger partial charge in [0.15, 0.2) is 5.15 Å². The fourth-order valence-corrected chi connectivity index (χ4v) is 2.16. The largest absolute Gasteiger partial charge is 0.497 e. The van der Waals surface area contributed by atoms with E-state index in [-0.39, 0.29) is 0 Å². The molecule has 0 N–H and O–H groups in total. The molecule has 0 bridgehead atoms. The summed E-state index contributed by atoms with van der Waals surface area (Å²) in [7, 11) is 1.65. The number of rotatable bonds is 3. The van der Waals surface area contributed by atoms with E-state index in [2.05, 4.69) is 10.2 Å². The van der Waals surface area contributed by atoms with Crippen molar-refractivity contribution in [3.05, 3.63) is 41.2 Å². The van der Waals surface area contributed by atoms with Crippen LogP contribution >= 0.6 is 11.6 Å². The zero-order chi connectivity index (χ0) is 12.5. The molecule has 3 nitrogen and oxygen atoms in total. The van der Waals surface area contributed by atoms with Crippen LogP contribution in [0.2, 0.25) is 5.15 Å². The van der Waals surface area contributed by atoms with Gasteiger partial charge in [0.05, 0.1) is 12.8 Å². The van der Waals surface area contributed by atoms with Crippen molar-refractivity contribution >= 4 is 11.6 Å². The SMILES string of the molecule is COc1cccc(-c2cc(C3CC3)nnc2Cl)c1. The number of ether oxygens (including phenoxy) is 1. The van der Waals surface area contributed by atoms with Crippen molar-refractivity contribution in [2.24, 2.45) is 0 Å². The fraction of sp³-hybridized carbons (Fsp3) is 0.286. The van der Waals surface area contributed by atoms with Crippen LogP contribution in [0.25, 0.3) is 11.1 Å². The first kappa shape index (κ1) is 11.5. The van der Waals surface area contributed by atoms with Gasteiger partial charge in [0.2, 0.25) is 0 Å². The van der Waals surface area contributed by atoms with Crippen LogP contribution in [0.3, 0.4) is 0 Å². The zero-order valence-corrected chi connectivity index (χ0v) is 10.8. The Balaban J connectivity index is 2.05. The third-order valence-corrected chi connectivity index (χ3v) is 3.42. The Morgan fingerprint density at radius 2 is 2.06 bits per heavy atom. The van der Waals surface area contributed by atoms with E-state index in [0.717, 1.165) is 22.6 Å². The quantitative estimate of drug-likeness (QED) is 0.844. The van der Waals surface area contributed by atoms with Crippen LogP contribution in [-0.4, -0.2) is 17.3 Å². The second kappa shape index (κ2) is 4.58. The van der Waals surface area contributed by atoms with Gasteiger partial charge in [-0.1, -0.05) is 23.7 Å². The Hall–Kier alpha value is -1.61. The van der Waals surface area contributed by atoms with Crippen LogP contribution in [0.15, 0.2) is 30.3 Å². The van der Waals surface area contributed by atoms with Crippen LogP contribution in [0, 0.1) is 0 Å². The highest BCUT2D eigenvalue weighted by Gasteiger charge is 2.26. The van der Waals surface area contributed by atoms with Crippen molar-refractivity contribution < 1.29 is 4.74 Å². The lowest BCUT2D eigenvalue weighted by atomic mass is 10.1. The molecule has 0 amide bonds. The summed E-state index contributed by atoms with van der Waals surface area (Å²) in [5, 5.41) is 8.64. The minimum atomic E-state index is 0.438. The number of hydrogen-bond acceptors (Lipinski definition) is 3. The van der Waals surface area contributed by atoms with E-state index in [9.17, 15) is 0 Å². The van der Waals surface area contributed by atoms with Crippen molar-refractivity contribution in [2.45, 2.75) is 18.8 Å². The minimum absolute atomic E-state index is 0.438. The summed E-state index contributed by atoms with van der Waals surface area (Å²) in [6.45, 7) is 0. The second-order valence-corrected chi connectivity index (χ2v) is 4.84. The maximum absolute atomic E-state index is 6.14. The summed E-state index contributed by atoms with van der Waals surface area (Å²) in [6, 6.07) is 9.86. The van der Waals surface area contributed by atoms with Gasteiger partial charge in [-0.05, 0) is 36.6 Å². The van der Waals surface area contributed by atoms with Crippen molar-refractivity contribution in [2.75, 3.05) is 7.11 Å². The molecule has 4 heteroatoms. The van der Waals surface area contributed by atoms with Gasteiger partial charge in [-0.3, -0.25) is 0 Å². The molecule has 1 heterocycles. The molecule has 92 valence electrons. The topological polar surface area (TPSA) is 35.0 Å². The highest BCUT2D eigenvalue weighted by molar-refractivity contribution is 6.32. The van der Waals surface area contributed by atoms with Crippen LogP contribution in [0.1, 0.15) is 24.5 Å². The smallest absolute Gasteiger partial charge is 0.159 e. The van der Waals surface area contributed by atoms with E-state index in [1.54, 1.807) is 7.11 Å². The van der Waals surface area contributed by atoms with E-state index >= 15 is 0 Å². The van der Waals surface area contributed by atoms with Crippen LogP contribution in [-0.2, 0) is 0 Å². The van der Waals surface area contributed by atoms with Gasteiger partial charge in [0.25, 0.3) is 0 Å². The zero-order valence-electron chi connectivity index (χ0n) is 10.1. The number of nitrogens with zero attached hydrogens (tertiary/aromatic N) is 2. The lowest BCUT2D eigenvalue weighted by molar-refractivity contribution is 0.415. The molecule has 3 rings (SSSR count). The predicted octanol–water partition coefficient (Wildman–Crippen LogP) is 3.68. The van der Waals surface area contributed by atoms with Gasteiger partial charge < -0.3 is 4.74 Å². The number of halogens is 1. The van der Waals surface area contributed by atoms with E-state index in [1.807, 2.05) is 30.3 Å². The molecule has 1 aromatic carbocycles. The molecular formula is C14H13ClN2O. The molecule has 1 fully saturated rings. The molecule has 1 aliphatic rings. The molecule has 1 saturated carbocycles. The Bertz CT molecular complexity index is 582. The van der Waals surface area contributed by atoms with E-state index in [1.165, 1.54) is 12.8 Å². The highest BCUT2D eigenvalue weighted by Crippen LogP contribution is 2.40. The van der Waals surface area contributed by atoms with Gasteiger partial charge in [-0.25, -0.2) is 0 Å². The van der Waals surface area contributed by atoms with Crippen molar-refractivity contribution in [1.29, 1.82) is 0 Å². The first-order valence-corrected chi connectivity index (χ1v) is 6.33. The summed E-state index contributed by atoms with van der Waals surface area (Å²) < 4.78 is 5.23. The van der Waals surface area contributed by atoms with Crippen molar-refractivity contribution in [1.82, 2.24) is 10.2 Å². The summed E-state index contributed by atoms with van der Waals surface area (Å²) in [5.74, 6) is 1.38. The highest BCUT2D eigenvalue weighted by atomic mass is 35.5. The molecule has 0 unspecified atom stereocenters. The molecule has 2 aromatic rings. The number of aromatic nitrogens is 2. The molecule has 18 heavy (non-hydrogen) atoms. The average molecular weight is 261 g/mol. The lowest BCUT2D eigenvalue weighted by Gasteiger charge is -2.07. The summed E-state index contributed by atoms with van der Waals surface area (Å²) in [4.78, 5) is 0. The van der Waals surface area contributed by atoms with Gasteiger partial charge in [-0.2, -0.15) is 5.10 Å². The van der Waals surface area contributed by atoms with Gasteiger partial charge >= 0.3 is 0 Å². The lowest BCUT2D eigenvalue weighted by Crippen LogP contribution is -1.94. The van der Waals surface area contributed by atoms with E-state index in [4.69, 9.17) is 16.3 Å². The predicted molar refractivity (Wildman–Crippen MR) is 71.0 cm³/mol. The van der Waals surface area contributed by atoms with Crippen LogP contribution in [0.5, 0.6) is 5.75 Å². The normalized spacial score (nSPS) is 14.6. The second-order valence-electron chi connectivity index (χ2n) is 4.48. The summed E-state index contributed by atoms with van der Waals surface area (Å²) in [5.41, 5.74) is 2.97. The molecule has 0 atom stereocenters. The number of methoxy groups -OCH3 is 1. The molecule has 1 aliphatic carbocycles.